The van der Waals surface area contributed by atoms with Gasteiger partial charge < -0.3 is 19.5 Å². The first kappa shape index (κ1) is 19.8. The third-order valence-corrected chi connectivity index (χ3v) is 4.61. The zero-order valence-corrected chi connectivity index (χ0v) is 16.2. The van der Waals surface area contributed by atoms with Gasteiger partial charge >= 0.3 is 0 Å². The lowest BCUT2D eigenvalue weighted by molar-refractivity contribution is -0.130. The number of amides is 2. The maximum absolute atomic E-state index is 12.5. The molecule has 0 saturated carbocycles. The molecule has 9 nitrogen and oxygen atoms in total. The molecule has 0 spiro atoms. The number of benzene rings is 1. The first-order valence-corrected chi connectivity index (χ1v) is 9.26. The highest BCUT2D eigenvalue weighted by Crippen LogP contribution is 2.12. The van der Waals surface area contributed by atoms with Gasteiger partial charge in [0.25, 0.3) is 5.91 Å². The zero-order chi connectivity index (χ0) is 19.9. The van der Waals surface area contributed by atoms with Crippen molar-refractivity contribution in [3.8, 4) is 5.75 Å². The van der Waals surface area contributed by atoms with Crippen molar-refractivity contribution >= 4 is 11.8 Å². The van der Waals surface area contributed by atoms with Crippen LogP contribution in [0.25, 0.3) is 0 Å². The van der Waals surface area contributed by atoms with Crippen molar-refractivity contribution < 1.29 is 18.8 Å². The Morgan fingerprint density at radius 3 is 2.86 bits per heavy atom. The molecule has 2 amide bonds. The van der Waals surface area contributed by atoms with E-state index in [4.69, 9.17) is 9.26 Å². The van der Waals surface area contributed by atoms with Gasteiger partial charge in [0.05, 0.1) is 20.2 Å². The highest BCUT2D eigenvalue weighted by molar-refractivity contribution is 5.96. The third kappa shape index (κ3) is 5.29. The quantitative estimate of drug-likeness (QED) is 0.784. The average Bonchev–Trinajstić information content (AvgIpc) is 2.97. The molecule has 9 heteroatoms. The van der Waals surface area contributed by atoms with E-state index in [9.17, 15) is 9.59 Å². The molecule has 2 heterocycles. The van der Waals surface area contributed by atoms with Gasteiger partial charge in [-0.3, -0.25) is 14.5 Å². The molecule has 0 aliphatic carbocycles. The predicted octanol–water partition coefficient (Wildman–Crippen LogP) is 0.851. The van der Waals surface area contributed by atoms with Crippen molar-refractivity contribution in [2.75, 3.05) is 39.8 Å². The van der Waals surface area contributed by atoms with Gasteiger partial charge in [0.1, 0.15) is 5.75 Å². The number of ether oxygens (including phenoxy) is 1. The van der Waals surface area contributed by atoms with Gasteiger partial charge in [-0.15, -0.1) is 0 Å². The molecule has 150 valence electrons. The maximum Gasteiger partial charge on any atom is 0.251 e. The van der Waals surface area contributed by atoms with Crippen molar-refractivity contribution in [2.45, 2.75) is 19.9 Å². The monoisotopic (exact) mass is 387 g/mol. The molecule has 3 rings (SSSR count). The summed E-state index contributed by atoms with van der Waals surface area (Å²) in [6, 6.07) is 6.83. The molecule has 0 bridgehead atoms. The van der Waals surface area contributed by atoms with Crippen LogP contribution in [0.2, 0.25) is 0 Å². The van der Waals surface area contributed by atoms with Crippen molar-refractivity contribution in [3.63, 3.8) is 0 Å². The standard InChI is InChI=1S/C19H25N5O4/c1-14-21-17(22-28-14)13-23-7-4-8-24(10-9-23)18(25)12-20-19(26)15-5-3-6-16(11-15)27-2/h3,5-6,11H,4,7-10,12-13H2,1-2H3,(H,20,26). The first-order valence-electron chi connectivity index (χ1n) is 9.26. The zero-order valence-electron chi connectivity index (χ0n) is 16.2. The Hall–Kier alpha value is -2.94. The van der Waals surface area contributed by atoms with Gasteiger partial charge in [0.2, 0.25) is 11.8 Å². The third-order valence-electron chi connectivity index (χ3n) is 4.61. The number of carbonyl (C=O) groups is 2. The van der Waals surface area contributed by atoms with Crippen LogP contribution in [-0.2, 0) is 11.3 Å². The number of nitrogens with one attached hydrogen (secondary N) is 1. The molecule has 1 aliphatic rings. The second kappa shape index (κ2) is 9.32. The van der Waals surface area contributed by atoms with Crippen LogP contribution in [0, 0.1) is 6.92 Å². The number of aromatic nitrogens is 2. The molecular weight excluding hydrogens is 362 g/mol. The highest BCUT2D eigenvalue weighted by atomic mass is 16.5. The van der Waals surface area contributed by atoms with Crippen molar-refractivity contribution in [3.05, 3.63) is 41.5 Å². The fourth-order valence-corrected chi connectivity index (χ4v) is 3.12. The minimum atomic E-state index is -0.295. The molecule has 1 N–H and O–H groups in total. The van der Waals surface area contributed by atoms with Gasteiger partial charge in [0.15, 0.2) is 5.82 Å². The van der Waals surface area contributed by atoms with E-state index in [1.54, 1.807) is 43.2 Å². The highest BCUT2D eigenvalue weighted by Gasteiger charge is 2.21. The van der Waals surface area contributed by atoms with Crippen molar-refractivity contribution in [1.29, 1.82) is 0 Å². The molecular formula is C19H25N5O4. The fraction of sp³-hybridized carbons (Fsp3) is 0.474. The SMILES string of the molecule is COc1cccc(C(=O)NCC(=O)N2CCCN(Cc3noc(C)n3)CC2)c1. The van der Waals surface area contributed by atoms with E-state index in [0.717, 1.165) is 19.5 Å². The largest absolute Gasteiger partial charge is 0.497 e. The number of methoxy groups -OCH3 is 1. The fourth-order valence-electron chi connectivity index (χ4n) is 3.12. The summed E-state index contributed by atoms with van der Waals surface area (Å²) in [4.78, 5) is 33.0. The normalized spacial score (nSPS) is 15.1. The number of rotatable bonds is 6. The Bertz CT molecular complexity index is 822. The van der Waals surface area contributed by atoms with Crippen molar-refractivity contribution in [1.82, 2.24) is 25.3 Å². The molecule has 1 aromatic carbocycles. The number of hydrogen-bond acceptors (Lipinski definition) is 7. The summed E-state index contributed by atoms with van der Waals surface area (Å²) < 4.78 is 10.1. The number of carbonyl (C=O) groups excluding carboxylic acids is 2. The lowest BCUT2D eigenvalue weighted by Crippen LogP contribution is -2.42. The van der Waals surface area contributed by atoms with E-state index in [1.165, 1.54) is 0 Å². The van der Waals surface area contributed by atoms with E-state index in [1.807, 2.05) is 0 Å². The van der Waals surface area contributed by atoms with Crippen molar-refractivity contribution in [2.24, 2.45) is 0 Å². The lowest BCUT2D eigenvalue weighted by Gasteiger charge is -2.21. The van der Waals surface area contributed by atoms with E-state index < -0.39 is 0 Å². The molecule has 0 unspecified atom stereocenters. The van der Waals surface area contributed by atoms with E-state index in [-0.39, 0.29) is 18.4 Å². The lowest BCUT2D eigenvalue weighted by atomic mass is 10.2. The molecule has 1 aliphatic heterocycles. The van der Waals surface area contributed by atoms with Crippen LogP contribution in [0.5, 0.6) is 5.75 Å². The Morgan fingerprint density at radius 2 is 2.11 bits per heavy atom. The van der Waals surface area contributed by atoms with E-state index >= 15 is 0 Å². The van der Waals surface area contributed by atoms with Gasteiger partial charge in [0, 0.05) is 38.7 Å². The molecule has 1 saturated heterocycles. The molecule has 28 heavy (non-hydrogen) atoms. The maximum atomic E-state index is 12.5. The summed E-state index contributed by atoms with van der Waals surface area (Å²) in [5.74, 6) is 1.42. The summed E-state index contributed by atoms with van der Waals surface area (Å²) in [5.41, 5.74) is 0.463. The second-order valence-corrected chi connectivity index (χ2v) is 6.65. The Kier molecular flexibility index (Phi) is 6.59. The molecule has 0 atom stereocenters. The molecule has 1 aromatic heterocycles. The van der Waals surface area contributed by atoms with E-state index in [2.05, 4.69) is 20.4 Å². The summed E-state index contributed by atoms with van der Waals surface area (Å²) >= 11 is 0. The minimum Gasteiger partial charge on any atom is -0.497 e. The molecule has 0 radical (unpaired) electrons. The van der Waals surface area contributed by atoms with Crippen LogP contribution in [0.3, 0.4) is 0 Å². The van der Waals surface area contributed by atoms with Crippen LogP contribution in [0.15, 0.2) is 28.8 Å². The van der Waals surface area contributed by atoms with Crippen LogP contribution < -0.4 is 10.1 Å². The number of hydrogen-bond donors (Lipinski definition) is 1. The topological polar surface area (TPSA) is 101 Å². The van der Waals surface area contributed by atoms with Crippen LogP contribution in [0.1, 0.15) is 28.5 Å². The van der Waals surface area contributed by atoms with Crippen LogP contribution >= 0.6 is 0 Å². The van der Waals surface area contributed by atoms with Gasteiger partial charge in [-0.1, -0.05) is 11.2 Å². The number of aryl methyl sites for hydroxylation is 1. The second-order valence-electron chi connectivity index (χ2n) is 6.65. The molecule has 1 fully saturated rings. The molecule has 2 aromatic rings. The minimum absolute atomic E-state index is 0.0277. The Balaban J connectivity index is 1.47. The van der Waals surface area contributed by atoms with Gasteiger partial charge in [-0.25, -0.2) is 0 Å². The predicted molar refractivity (Wildman–Crippen MR) is 101 cm³/mol. The Morgan fingerprint density at radius 1 is 1.25 bits per heavy atom. The summed E-state index contributed by atoms with van der Waals surface area (Å²) in [6.07, 6.45) is 0.854. The Labute approximate surface area is 163 Å². The first-order chi connectivity index (χ1) is 13.5. The van der Waals surface area contributed by atoms with Crippen LogP contribution in [0.4, 0.5) is 0 Å². The average molecular weight is 387 g/mol. The summed E-state index contributed by atoms with van der Waals surface area (Å²) in [7, 11) is 1.54. The summed E-state index contributed by atoms with van der Waals surface area (Å²) in [5, 5.41) is 6.61. The van der Waals surface area contributed by atoms with Gasteiger partial charge in [-0.05, 0) is 24.6 Å². The van der Waals surface area contributed by atoms with E-state index in [0.29, 0.717) is 42.7 Å². The van der Waals surface area contributed by atoms with Crippen LogP contribution in [-0.4, -0.2) is 71.6 Å². The summed E-state index contributed by atoms with van der Waals surface area (Å²) in [6.45, 7) is 5.18. The smallest absolute Gasteiger partial charge is 0.251 e. The number of nitrogens with zero attached hydrogens (tertiary/aromatic N) is 4. The van der Waals surface area contributed by atoms with Gasteiger partial charge in [-0.2, -0.15) is 4.98 Å².